The number of hydrogen-bond donors (Lipinski definition) is 2. The Bertz CT molecular complexity index is 671. The standard InChI is InChI=1S/C19H28N4O2S/c1-14-15(2)26-18(23-14)13-22-19(20-9-8-16-7-5-11-24-16)21-12-17-6-3-4-10-25-17/h5,7,11,17H,3-4,6,8-10,12-13H2,1-2H3,(H2,20,21,22). The van der Waals surface area contributed by atoms with E-state index in [1.807, 2.05) is 19.1 Å². The molecule has 3 rings (SSSR count). The average Bonchev–Trinajstić information content (AvgIpc) is 3.28. The van der Waals surface area contributed by atoms with Gasteiger partial charge < -0.3 is 19.8 Å². The number of nitrogens with zero attached hydrogens (tertiary/aromatic N) is 2. The Morgan fingerprint density at radius 1 is 1.35 bits per heavy atom. The van der Waals surface area contributed by atoms with Crippen LogP contribution in [0.25, 0.3) is 0 Å². The van der Waals surface area contributed by atoms with Gasteiger partial charge in [0.2, 0.25) is 0 Å². The van der Waals surface area contributed by atoms with E-state index in [1.54, 1.807) is 17.6 Å². The molecule has 2 aromatic heterocycles. The molecule has 26 heavy (non-hydrogen) atoms. The monoisotopic (exact) mass is 376 g/mol. The summed E-state index contributed by atoms with van der Waals surface area (Å²) in [5.41, 5.74) is 1.09. The van der Waals surface area contributed by atoms with E-state index in [0.717, 1.165) is 55.0 Å². The van der Waals surface area contributed by atoms with Gasteiger partial charge in [0.1, 0.15) is 10.8 Å². The molecule has 1 fully saturated rings. The minimum absolute atomic E-state index is 0.269. The van der Waals surface area contributed by atoms with Gasteiger partial charge in [-0.05, 0) is 45.2 Å². The van der Waals surface area contributed by atoms with Crippen molar-refractivity contribution in [1.29, 1.82) is 0 Å². The van der Waals surface area contributed by atoms with Crippen molar-refractivity contribution in [3.8, 4) is 0 Å². The van der Waals surface area contributed by atoms with Crippen molar-refractivity contribution in [2.24, 2.45) is 4.99 Å². The molecular weight excluding hydrogens is 348 g/mol. The molecule has 1 unspecified atom stereocenters. The van der Waals surface area contributed by atoms with Crippen molar-refractivity contribution >= 4 is 17.3 Å². The SMILES string of the molecule is Cc1nc(CN=C(NCCc2ccco2)NCC2CCCCO2)sc1C. The molecule has 1 aliphatic heterocycles. The first-order chi connectivity index (χ1) is 12.7. The molecule has 0 bridgehead atoms. The maximum atomic E-state index is 5.80. The van der Waals surface area contributed by atoms with Crippen LogP contribution in [0.4, 0.5) is 0 Å². The molecule has 7 heteroatoms. The molecule has 1 atom stereocenters. The number of hydrogen-bond acceptors (Lipinski definition) is 5. The quantitative estimate of drug-likeness (QED) is 0.573. The topological polar surface area (TPSA) is 71.7 Å². The Labute approximate surface area is 159 Å². The van der Waals surface area contributed by atoms with Crippen molar-refractivity contribution in [1.82, 2.24) is 15.6 Å². The summed E-state index contributed by atoms with van der Waals surface area (Å²) < 4.78 is 11.2. The maximum absolute atomic E-state index is 5.80. The van der Waals surface area contributed by atoms with Crippen LogP contribution in [0.2, 0.25) is 0 Å². The zero-order chi connectivity index (χ0) is 18.2. The molecule has 1 saturated heterocycles. The average molecular weight is 377 g/mol. The number of thiazole rings is 1. The normalized spacial score (nSPS) is 18.1. The number of aryl methyl sites for hydroxylation is 2. The fraction of sp³-hybridized carbons (Fsp3) is 0.579. The molecule has 0 amide bonds. The Morgan fingerprint density at radius 2 is 2.27 bits per heavy atom. The number of guanidine groups is 1. The first kappa shape index (κ1) is 18.9. The third kappa shape index (κ3) is 5.85. The number of aliphatic imine (C=N–C) groups is 1. The van der Waals surface area contributed by atoms with Gasteiger partial charge in [-0.1, -0.05) is 0 Å². The van der Waals surface area contributed by atoms with Gasteiger partial charge >= 0.3 is 0 Å². The van der Waals surface area contributed by atoms with Crippen LogP contribution in [-0.4, -0.2) is 36.7 Å². The molecule has 0 aromatic carbocycles. The van der Waals surface area contributed by atoms with Crippen LogP contribution >= 0.6 is 11.3 Å². The predicted molar refractivity (Wildman–Crippen MR) is 105 cm³/mol. The first-order valence-corrected chi connectivity index (χ1v) is 10.1. The van der Waals surface area contributed by atoms with E-state index >= 15 is 0 Å². The molecule has 142 valence electrons. The minimum Gasteiger partial charge on any atom is -0.469 e. The van der Waals surface area contributed by atoms with Crippen molar-refractivity contribution in [3.05, 3.63) is 39.7 Å². The van der Waals surface area contributed by atoms with Crippen LogP contribution in [0.15, 0.2) is 27.8 Å². The van der Waals surface area contributed by atoms with Crippen LogP contribution in [0.5, 0.6) is 0 Å². The van der Waals surface area contributed by atoms with E-state index in [2.05, 4.69) is 22.5 Å². The smallest absolute Gasteiger partial charge is 0.191 e. The van der Waals surface area contributed by atoms with Gasteiger partial charge in [0, 0.05) is 31.0 Å². The zero-order valence-corrected chi connectivity index (χ0v) is 16.4. The molecule has 2 aromatic rings. The fourth-order valence-electron chi connectivity index (χ4n) is 2.87. The number of ether oxygens (including phenoxy) is 1. The molecule has 0 saturated carbocycles. The van der Waals surface area contributed by atoms with Gasteiger partial charge in [-0.15, -0.1) is 11.3 Å². The molecule has 0 aliphatic carbocycles. The van der Waals surface area contributed by atoms with E-state index in [-0.39, 0.29) is 6.10 Å². The summed E-state index contributed by atoms with van der Waals surface area (Å²) in [5.74, 6) is 1.77. The minimum atomic E-state index is 0.269. The molecule has 3 heterocycles. The Kier molecular flexibility index (Phi) is 7.08. The molecule has 6 nitrogen and oxygen atoms in total. The highest BCUT2D eigenvalue weighted by Gasteiger charge is 2.14. The van der Waals surface area contributed by atoms with Crippen molar-refractivity contribution in [2.45, 2.75) is 52.2 Å². The highest BCUT2D eigenvalue weighted by atomic mass is 32.1. The number of furan rings is 1. The summed E-state index contributed by atoms with van der Waals surface area (Å²) in [6.07, 6.45) is 6.31. The summed E-state index contributed by atoms with van der Waals surface area (Å²) in [7, 11) is 0. The lowest BCUT2D eigenvalue weighted by Crippen LogP contribution is -2.43. The second-order valence-corrected chi connectivity index (χ2v) is 7.83. The van der Waals surface area contributed by atoms with Gasteiger partial charge in [0.05, 0.1) is 24.6 Å². The fourth-order valence-corrected chi connectivity index (χ4v) is 3.72. The third-order valence-electron chi connectivity index (χ3n) is 4.46. The second kappa shape index (κ2) is 9.73. The van der Waals surface area contributed by atoms with Gasteiger partial charge in [-0.2, -0.15) is 0 Å². The second-order valence-electron chi connectivity index (χ2n) is 6.54. The first-order valence-electron chi connectivity index (χ1n) is 9.30. The van der Waals surface area contributed by atoms with Gasteiger partial charge in [-0.25, -0.2) is 9.98 Å². The van der Waals surface area contributed by atoms with E-state index in [4.69, 9.17) is 14.1 Å². The Hall–Kier alpha value is -1.86. The zero-order valence-electron chi connectivity index (χ0n) is 15.6. The van der Waals surface area contributed by atoms with Crippen LogP contribution in [-0.2, 0) is 17.7 Å². The molecule has 1 aliphatic rings. The van der Waals surface area contributed by atoms with Crippen LogP contribution in [0, 0.1) is 13.8 Å². The summed E-state index contributed by atoms with van der Waals surface area (Å²) in [4.78, 5) is 10.5. The Morgan fingerprint density at radius 3 is 2.96 bits per heavy atom. The van der Waals surface area contributed by atoms with Crippen molar-refractivity contribution in [2.75, 3.05) is 19.7 Å². The van der Waals surface area contributed by atoms with Crippen LogP contribution < -0.4 is 10.6 Å². The number of nitrogens with one attached hydrogen (secondary N) is 2. The summed E-state index contributed by atoms with van der Waals surface area (Å²) in [5, 5.41) is 7.85. The van der Waals surface area contributed by atoms with E-state index in [9.17, 15) is 0 Å². The van der Waals surface area contributed by atoms with Crippen LogP contribution in [0.3, 0.4) is 0 Å². The molecule has 0 radical (unpaired) electrons. The highest BCUT2D eigenvalue weighted by molar-refractivity contribution is 7.11. The van der Waals surface area contributed by atoms with Gasteiger partial charge in [0.15, 0.2) is 5.96 Å². The van der Waals surface area contributed by atoms with E-state index < -0.39 is 0 Å². The summed E-state index contributed by atoms with van der Waals surface area (Å²) in [6, 6.07) is 3.90. The molecular formula is C19H28N4O2S. The summed E-state index contributed by atoms with van der Waals surface area (Å²) >= 11 is 1.71. The van der Waals surface area contributed by atoms with Crippen LogP contribution in [0.1, 0.15) is 40.6 Å². The number of rotatable bonds is 7. The lowest BCUT2D eigenvalue weighted by molar-refractivity contribution is 0.0194. The maximum Gasteiger partial charge on any atom is 0.191 e. The molecule has 2 N–H and O–H groups in total. The van der Waals surface area contributed by atoms with Crippen molar-refractivity contribution in [3.63, 3.8) is 0 Å². The van der Waals surface area contributed by atoms with Crippen molar-refractivity contribution < 1.29 is 9.15 Å². The van der Waals surface area contributed by atoms with Gasteiger partial charge in [-0.3, -0.25) is 0 Å². The highest BCUT2D eigenvalue weighted by Crippen LogP contribution is 2.17. The lowest BCUT2D eigenvalue weighted by Gasteiger charge is -2.23. The van der Waals surface area contributed by atoms with E-state index in [0.29, 0.717) is 6.54 Å². The largest absolute Gasteiger partial charge is 0.469 e. The number of aromatic nitrogens is 1. The van der Waals surface area contributed by atoms with E-state index in [1.165, 1.54) is 17.7 Å². The predicted octanol–water partition coefficient (Wildman–Crippen LogP) is 3.20. The summed E-state index contributed by atoms with van der Waals surface area (Å²) in [6.45, 7) is 7.13. The Balaban J connectivity index is 1.54. The lowest BCUT2D eigenvalue weighted by atomic mass is 10.1. The van der Waals surface area contributed by atoms with Gasteiger partial charge in [0.25, 0.3) is 0 Å². The molecule has 0 spiro atoms. The third-order valence-corrected chi connectivity index (χ3v) is 5.52.